The third-order valence-electron chi connectivity index (χ3n) is 2.75. The lowest BCUT2D eigenvalue weighted by molar-refractivity contribution is 0.647. The van der Waals surface area contributed by atoms with E-state index in [9.17, 15) is 4.79 Å². The molecule has 1 aromatic heterocycles. The molecule has 0 amide bonds. The van der Waals surface area contributed by atoms with Crippen LogP contribution in [-0.4, -0.2) is 21.9 Å². The maximum absolute atomic E-state index is 12.2. The summed E-state index contributed by atoms with van der Waals surface area (Å²) in [4.78, 5) is 20.6. The highest BCUT2D eigenvalue weighted by molar-refractivity contribution is 6.31. The van der Waals surface area contributed by atoms with Gasteiger partial charge in [0.15, 0.2) is 11.7 Å². The minimum absolute atomic E-state index is 0.0977. The Morgan fingerprint density at radius 3 is 3.06 bits per heavy atom. The number of benzene rings is 1. The van der Waals surface area contributed by atoms with Gasteiger partial charge >= 0.3 is 0 Å². The second-order valence-corrected chi connectivity index (χ2v) is 4.26. The number of hydrogen-bond acceptors (Lipinski definition) is 4. The number of halogens is 1. The van der Waals surface area contributed by atoms with Crippen LogP contribution in [0.2, 0.25) is 5.02 Å². The van der Waals surface area contributed by atoms with Crippen LogP contribution in [0.25, 0.3) is 10.9 Å². The van der Waals surface area contributed by atoms with Crippen molar-refractivity contribution < 1.29 is 0 Å². The Labute approximate surface area is 102 Å². The summed E-state index contributed by atoms with van der Waals surface area (Å²) in [6.07, 6.45) is 0. The summed E-state index contributed by atoms with van der Waals surface area (Å²) >= 11 is 5.88. The van der Waals surface area contributed by atoms with Gasteiger partial charge < -0.3 is 5.73 Å². The van der Waals surface area contributed by atoms with Crippen molar-refractivity contribution in [3.05, 3.63) is 39.4 Å². The maximum atomic E-state index is 12.2. The van der Waals surface area contributed by atoms with E-state index in [2.05, 4.69) is 9.98 Å². The number of amidine groups is 1. The van der Waals surface area contributed by atoms with E-state index < -0.39 is 0 Å². The highest BCUT2D eigenvalue weighted by atomic mass is 35.5. The maximum Gasteiger partial charge on any atom is 0.261 e. The lowest BCUT2D eigenvalue weighted by Gasteiger charge is -2.16. The van der Waals surface area contributed by atoms with E-state index in [0.29, 0.717) is 40.7 Å². The molecule has 1 aliphatic heterocycles. The standard InChI is InChI=1S/C11H9ClN4O/c12-6-1-2-7-8(5-6)15-10-9(13)14-3-4-16(10)11(7)17/h1-2,5H,3-4H2,(H2,13,14). The molecule has 5 nitrogen and oxygen atoms in total. The first-order valence-electron chi connectivity index (χ1n) is 5.17. The van der Waals surface area contributed by atoms with Gasteiger partial charge in [-0.05, 0) is 18.2 Å². The third kappa shape index (κ3) is 1.51. The molecule has 3 rings (SSSR count). The van der Waals surface area contributed by atoms with Crippen molar-refractivity contribution in [3.8, 4) is 0 Å². The summed E-state index contributed by atoms with van der Waals surface area (Å²) in [6.45, 7) is 1.03. The molecule has 2 aromatic rings. The molecule has 2 heterocycles. The minimum Gasteiger partial charge on any atom is -0.381 e. The van der Waals surface area contributed by atoms with Crippen LogP contribution in [0.4, 0.5) is 0 Å². The fourth-order valence-corrected chi connectivity index (χ4v) is 2.10. The lowest BCUT2D eigenvalue weighted by atomic mass is 10.2. The smallest absolute Gasteiger partial charge is 0.261 e. The molecule has 17 heavy (non-hydrogen) atoms. The molecule has 86 valence electrons. The monoisotopic (exact) mass is 248 g/mol. The molecule has 0 fully saturated rings. The fourth-order valence-electron chi connectivity index (χ4n) is 1.94. The molecule has 0 spiro atoms. The minimum atomic E-state index is -0.0977. The predicted octanol–water partition coefficient (Wildman–Crippen LogP) is 0.769. The van der Waals surface area contributed by atoms with E-state index in [1.54, 1.807) is 22.8 Å². The highest BCUT2D eigenvalue weighted by Gasteiger charge is 2.16. The van der Waals surface area contributed by atoms with E-state index in [0.717, 1.165) is 0 Å². The molecule has 0 unspecified atom stereocenters. The molecular weight excluding hydrogens is 240 g/mol. The van der Waals surface area contributed by atoms with Crippen LogP contribution in [0.3, 0.4) is 0 Å². The second kappa shape index (κ2) is 3.56. The second-order valence-electron chi connectivity index (χ2n) is 3.82. The number of hydrogen-bond donors (Lipinski definition) is 1. The van der Waals surface area contributed by atoms with Crippen molar-refractivity contribution in [1.82, 2.24) is 9.55 Å². The first-order valence-corrected chi connectivity index (χ1v) is 5.55. The molecule has 0 saturated heterocycles. The van der Waals surface area contributed by atoms with Gasteiger partial charge in [0.1, 0.15) is 0 Å². The number of nitrogens with zero attached hydrogens (tertiary/aromatic N) is 3. The van der Waals surface area contributed by atoms with Gasteiger partial charge in [-0.15, -0.1) is 0 Å². The summed E-state index contributed by atoms with van der Waals surface area (Å²) < 4.78 is 1.55. The lowest BCUT2D eigenvalue weighted by Crippen LogP contribution is -2.35. The van der Waals surface area contributed by atoms with E-state index >= 15 is 0 Å². The van der Waals surface area contributed by atoms with Gasteiger partial charge in [0.05, 0.1) is 17.4 Å². The summed E-state index contributed by atoms with van der Waals surface area (Å²) in [7, 11) is 0. The van der Waals surface area contributed by atoms with Crippen LogP contribution in [0.1, 0.15) is 5.82 Å². The van der Waals surface area contributed by atoms with E-state index in [4.69, 9.17) is 17.3 Å². The normalized spacial score (nSPS) is 14.5. The molecule has 0 saturated carbocycles. The van der Waals surface area contributed by atoms with E-state index in [1.165, 1.54) is 0 Å². The van der Waals surface area contributed by atoms with Crippen LogP contribution < -0.4 is 11.3 Å². The molecule has 0 bridgehead atoms. The van der Waals surface area contributed by atoms with Crippen molar-refractivity contribution in [1.29, 1.82) is 0 Å². The third-order valence-corrected chi connectivity index (χ3v) is 2.99. The van der Waals surface area contributed by atoms with E-state index in [-0.39, 0.29) is 5.56 Å². The van der Waals surface area contributed by atoms with Gasteiger partial charge in [-0.1, -0.05) is 11.6 Å². The largest absolute Gasteiger partial charge is 0.381 e. The Kier molecular flexibility index (Phi) is 2.16. The summed E-state index contributed by atoms with van der Waals surface area (Å²) in [5.41, 5.74) is 6.19. The molecule has 2 N–H and O–H groups in total. The zero-order valence-electron chi connectivity index (χ0n) is 8.85. The molecule has 6 heteroatoms. The SMILES string of the molecule is NC1=NCCn2c1nc1cc(Cl)ccc1c2=O. The zero-order valence-corrected chi connectivity index (χ0v) is 9.61. The topological polar surface area (TPSA) is 73.3 Å². The molecule has 0 atom stereocenters. The Morgan fingerprint density at radius 1 is 1.41 bits per heavy atom. The summed E-state index contributed by atoms with van der Waals surface area (Å²) in [5, 5.41) is 1.09. The molecular formula is C11H9ClN4O. The number of rotatable bonds is 0. The van der Waals surface area contributed by atoms with Gasteiger partial charge in [-0.25, -0.2) is 4.98 Å². The number of aliphatic imine (C=N–C) groups is 1. The Morgan fingerprint density at radius 2 is 2.24 bits per heavy atom. The number of aromatic nitrogens is 2. The fraction of sp³-hybridized carbons (Fsp3) is 0.182. The first kappa shape index (κ1) is 10.3. The number of fused-ring (bicyclic) bond motifs is 2. The predicted molar refractivity (Wildman–Crippen MR) is 66.6 cm³/mol. The van der Waals surface area contributed by atoms with Gasteiger partial charge in [0.25, 0.3) is 5.56 Å². The number of nitrogens with two attached hydrogens (primary N) is 1. The van der Waals surface area contributed by atoms with Crippen molar-refractivity contribution >= 4 is 28.3 Å². The van der Waals surface area contributed by atoms with Crippen molar-refractivity contribution in [2.45, 2.75) is 6.54 Å². The molecule has 0 radical (unpaired) electrons. The van der Waals surface area contributed by atoms with Gasteiger partial charge in [-0.2, -0.15) is 0 Å². The van der Waals surface area contributed by atoms with Crippen molar-refractivity contribution in [2.24, 2.45) is 10.7 Å². The summed E-state index contributed by atoms with van der Waals surface area (Å²) in [5.74, 6) is 0.728. The molecule has 1 aromatic carbocycles. The first-order chi connectivity index (χ1) is 8.16. The summed E-state index contributed by atoms with van der Waals surface area (Å²) in [6, 6.07) is 5.02. The Hall–Kier alpha value is -1.88. The molecule has 0 aliphatic carbocycles. The highest BCUT2D eigenvalue weighted by Crippen LogP contribution is 2.16. The van der Waals surface area contributed by atoms with Crippen LogP contribution in [0.15, 0.2) is 28.0 Å². The van der Waals surface area contributed by atoms with E-state index in [1.807, 2.05) is 0 Å². The quantitative estimate of drug-likeness (QED) is 0.748. The van der Waals surface area contributed by atoms with Crippen LogP contribution in [-0.2, 0) is 6.54 Å². The molecule has 1 aliphatic rings. The Balaban J connectivity index is 2.45. The van der Waals surface area contributed by atoms with Crippen LogP contribution in [0, 0.1) is 0 Å². The van der Waals surface area contributed by atoms with Crippen LogP contribution >= 0.6 is 11.6 Å². The van der Waals surface area contributed by atoms with Gasteiger partial charge in [-0.3, -0.25) is 14.4 Å². The van der Waals surface area contributed by atoms with Gasteiger partial charge in [0.2, 0.25) is 0 Å². The Bertz CT molecular complexity index is 704. The average molecular weight is 249 g/mol. The van der Waals surface area contributed by atoms with Crippen LogP contribution in [0.5, 0.6) is 0 Å². The average Bonchev–Trinajstić information content (AvgIpc) is 2.30. The van der Waals surface area contributed by atoms with Crippen molar-refractivity contribution in [3.63, 3.8) is 0 Å². The van der Waals surface area contributed by atoms with Crippen molar-refractivity contribution in [2.75, 3.05) is 6.54 Å². The van der Waals surface area contributed by atoms with Gasteiger partial charge in [0, 0.05) is 11.6 Å². The zero-order chi connectivity index (χ0) is 12.0.